The number of benzene rings is 1. The van der Waals surface area contributed by atoms with E-state index >= 15 is 0 Å². The van der Waals surface area contributed by atoms with Gasteiger partial charge in [-0.1, -0.05) is 12.1 Å². The number of rotatable bonds is 3. The molecule has 1 spiro atoms. The SMILES string of the molecule is NC1CN(Cc2ccc3c(c2)CN(C2CCC(=O)NC2=O)C3=O)CC2(CC2)C1. The number of hydrogen-bond donors (Lipinski definition) is 2. The lowest BCUT2D eigenvalue weighted by molar-refractivity contribution is -0.136. The highest BCUT2D eigenvalue weighted by Crippen LogP contribution is 2.51. The summed E-state index contributed by atoms with van der Waals surface area (Å²) in [5.74, 6) is -0.747. The van der Waals surface area contributed by atoms with Crippen molar-refractivity contribution in [2.45, 2.75) is 57.3 Å². The molecule has 3 aliphatic heterocycles. The maximum Gasteiger partial charge on any atom is 0.255 e. The van der Waals surface area contributed by atoms with Crippen molar-refractivity contribution in [3.63, 3.8) is 0 Å². The number of nitrogens with two attached hydrogens (primary N) is 1. The number of carbonyl (C=O) groups is 3. The van der Waals surface area contributed by atoms with Crippen LogP contribution >= 0.6 is 0 Å². The van der Waals surface area contributed by atoms with Crippen LogP contribution in [0.5, 0.6) is 0 Å². The summed E-state index contributed by atoms with van der Waals surface area (Å²) in [7, 11) is 0. The molecule has 2 atom stereocenters. The molecule has 3 heterocycles. The van der Waals surface area contributed by atoms with Crippen LogP contribution in [0.1, 0.15) is 53.6 Å². The topological polar surface area (TPSA) is 95.7 Å². The third-order valence-corrected chi connectivity index (χ3v) is 6.70. The number of hydrogen-bond acceptors (Lipinski definition) is 5. The maximum atomic E-state index is 12.8. The normalized spacial score (nSPS) is 29.2. The van der Waals surface area contributed by atoms with Crippen LogP contribution in [-0.2, 0) is 22.7 Å². The average Bonchev–Trinajstić information content (AvgIpc) is 3.28. The van der Waals surface area contributed by atoms with Gasteiger partial charge in [-0.3, -0.25) is 24.6 Å². The standard InChI is InChI=1S/C21H26N4O3/c22-15-8-21(5-6-21)12-24(11-15)9-13-1-2-16-14(7-13)10-25(20(16)28)17-3-4-18(26)23-19(17)27/h1-2,7,15,17H,3-6,8-12,22H2,(H,23,26,27). The third-order valence-electron chi connectivity index (χ3n) is 6.70. The van der Waals surface area contributed by atoms with Crippen LogP contribution in [0.3, 0.4) is 0 Å². The Morgan fingerprint density at radius 2 is 2.04 bits per heavy atom. The first-order chi connectivity index (χ1) is 13.4. The summed E-state index contributed by atoms with van der Waals surface area (Å²) >= 11 is 0. The predicted octanol–water partition coefficient (Wildman–Crippen LogP) is 0.761. The second-order valence-electron chi connectivity index (χ2n) is 9.03. The second-order valence-corrected chi connectivity index (χ2v) is 9.03. The summed E-state index contributed by atoms with van der Waals surface area (Å²) in [6, 6.07) is 5.69. The van der Waals surface area contributed by atoms with Crippen LogP contribution in [0, 0.1) is 5.41 Å². The van der Waals surface area contributed by atoms with E-state index in [2.05, 4.69) is 16.3 Å². The summed E-state index contributed by atoms with van der Waals surface area (Å²) in [5.41, 5.74) is 9.54. The second kappa shape index (κ2) is 6.39. The molecule has 1 aromatic rings. The third kappa shape index (κ3) is 3.12. The zero-order chi connectivity index (χ0) is 19.5. The molecule has 7 heteroatoms. The number of imide groups is 1. The van der Waals surface area contributed by atoms with Crippen LogP contribution in [0.4, 0.5) is 0 Å². The van der Waals surface area contributed by atoms with Crippen molar-refractivity contribution in [3.8, 4) is 0 Å². The fourth-order valence-electron chi connectivity index (χ4n) is 5.20. The minimum atomic E-state index is -0.559. The van der Waals surface area contributed by atoms with Crippen molar-refractivity contribution in [3.05, 3.63) is 34.9 Å². The first-order valence-corrected chi connectivity index (χ1v) is 10.2. The number of amides is 3. The Hall–Kier alpha value is -2.25. The van der Waals surface area contributed by atoms with E-state index < -0.39 is 6.04 Å². The molecular weight excluding hydrogens is 356 g/mol. The van der Waals surface area contributed by atoms with Gasteiger partial charge in [0.15, 0.2) is 0 Å². The lowest BCUT2D eigenvalue weighted by Crippen LogP contribution is -2.52. The first-order valence-electron chi connectivity index (χ1n) is 10.2. The monoisotopic (exact) mass is 382 g/mol. The highest BCUT2D eigenvalue weighted by Gasteiger charge is 2.47. The molecule has 0 bridgehead atoms. The Labute approximate surface area is 164 Å². The zero-order valence-corrected chi connectivity index (χ0v) is 15.9. The molecule has 1 saturated carbocycles. The smallest absolute Gasteiger partial charge is 0.255 e. The van der Waals surface area contributed by atoms with E-state index in [1.54, 1.807) is 4.90 Å². The molecule has 0 aromatic heterocycles. The van der Waals surface area contributed by atoms with Gasteiger partial charge in [-0.15, -0.1) is 0 Å². The minimum Gasteiger partial charge on any atom is -0.327 e. The van der Waals surface area contributed by atoms with Gasteiger partial charge in [0.05, 0.1) is 0 Å². The summed E-state index contributed by atoms with van der Waals surface area (Å²) in [6.07, 6.45) is 4.39. The van der Waals surface area contributed by atoms with Crippen LogP contribution in [0.25, 0.3) is 0 Å². The van der Waals surface area contributed by atoms with E-state index in [0.717, 1.165) is 31.6 Å². The van der Waals surface area contributed by atoms with Gasteiger partial charge in [0.2, 0.25) is 11.8 Å². The molecule has 3 amide bonds. The Bertz CT molecular complexity index is 863. The maximum absolute atomic E-state index is 12.8. The van der Waals surface area contributed by atoms with Gasteiger partial charge >= 0.3 is 0 Å². The number of carbonyl (C=O) groups excluding carboxylic acids is 3. The number of piperidine rings is 2. The summed E-state index contributed by atoms with van der Waals surface area (Å²) in [5, 5.41) is 2.35. The number of likely N-dealkylation sites (tertiary alicyclic amines) is 1. The van der Waals surface area contributed by atoms with Crippen LogP contribution in [-0.4, -0.2) is 52.7 Å². The molecule has 1 aliphatic carbocycles. The highest BCUT2D eigenvalue weighted by atomic mass is 16.2. The van der Waals surface area contributed by atoms with Crippen molar-refractivity contribution >= 4 is 17.7 Å². The first kappa shape index (κ1) is 17.8. The Kier molecular flexibility index (Phi) is 4.07. The van der Waals surface area contributed by atoms with Gasteiger partial charge in [-0.05, 0) is 48.3 Å². The molecule has 2 saturated heterocycles. The van der Waals surface area contributed by atoms with Gasteiger partial charge in [-0.25, -0.2) is 0 Å². The van der Waals surface area contributed by atoms with Crippen molar-refractivity contribution in [1.82, 2.24) is 15.1 Å². The molecule has 3 N–H and O–H groups in total. The average molecular weight is 382 g/mol. The molecule has 7 nitrogen and oxygen atoms in total. The lowest BCUT2D eigenvalue weighted by atomic mass is 9.91. The molecule has 1 aromatic carbocycles. The molecule has 4 aliphatic rings. The van der Waals surface area contributed by atoms with Gasteiger partial charge in [0.1, 0.15) is 6.04 Å². The fourth-order valence-corrected chi connectivity index (χ4v) is 5.20. The van der Waals surface area contributed by atoms with E-state index in [1.165, 1.54) is 18.4 Å². The van der Waals surface area contributed by atoms with Crippen LogP contribution in [0.15, 0.2) is 18.2 Å². The molecule has 3 fully saturated rings. The highest BCUT2D eigenvalue weighted by molar-refractivity contribution is 6.05. The van der Waals surface area contributed by atoms with E-state index in [1.807, 2.05) is 12.1 Å². The Morgan fingerprint density at radius 1 is 1.21 bits per heavy atom. The van der Waals surface area contributed by atoms with Gasteiger partial charge in [0.25, 0.3) is 5.91 Å². The summed E-state index contributed by atoms with van der Waals surface area (Å²) in [6.45, 7) is 3.30. The van der Waals surface area contributed by atoms with Crippen molar-refractivity contribution < 1.29 is 14.4 Å². The number of nitrogens with one attached hydrogen (secondary N) is 1. The van der Waals surface area contributed by atoms with E-state index in [0.29, 0.717) is 23.9 Å². The zero-order valence-electron chi connectivity index (χ0n) is 15.9. The Morgan fingerprint density at radius 3 is 2.79 bits per heavy atom. The molecule has 148 valence electrons. The minimum absolute atomic E-state index is 0.118. The van der Waals surface area contributed by atoms with Gasteiger partial charge in [0, 0.05) is 44.2 Å². The van der Waals surface area contributed by atoms with Crippen LogP contribution in [0.2, 0.25) is 0 Å². The lowest BCUT2D eigenvalue weighted by Gasteiger charge is -2.36. The molecule has 5 rings (SSSR count). The number of nitrogens with zero attached hydrogens (tertiary/aromatic N) is 2. The van der Waals surface area contributed by atoms with Crippen molar-refractivity contribution in [2.24, 2.45) is 11.1 Å². The molecular formula is C21H26N4O3. The molecule has 2 unspecified atom stereocenters. The Balaban J connectivity index is 1.30. The summed E-state index contributed by atoms with van der Waals surface area (Å²) in [4.78, 5) is 40.4. The molecule has 28 heavy (non-hydrogen) atoms. The molecule has 0 radical (unpaired) electrons. The van der Waals surface area contributed by atoms with Crippen LogP contribution < -0.4 is 11.1 Å². The van der Waals surface area contributed by atoms with E-state index in [-0.39, 0.29) is 30.2 Å². The summed E-state index contributed by atoms with van der Waals surface area (Å²) < 4.78 is 0. The van der Waals surface area contributed by atoms with Gasteiger partial charge in [-0.2, -0.15) is 0 Å². The van der Waals surface area contributed by atoms with Crippen molar-refractivity contribution in [2.75, 3.05) is 13.1 Å². The predicted molar refractivity (Wildman–Crippen MR) is 102 cm³/mol. The van der Waals surface area contributed by atoms with Gasteiger partial charge < -0.3 is 10.6 Å². The van der Waals surface area contributed by atoms with E-state index in [9.17, 15) is 14.4 Å². The number of fused-ring (bicyclic) bond motifs is 1. The largest absolute Gasteiger partial charge is 0.327 e. The van der Waals surface area contributed by atoms with E-state index in [4.69, 9.17) is 5.73 Å². The quantitative estimate of drug-likeness (QED) is 0.753. The van der Waals surface area contributed by atoms with Crippen molar-refractivity contribution in [1.29, 1.82) is 0 Å². The fraction of sp³-hybridized carbons (Fsp3) is 0.571.